The third-order valence-corrected chi connectivity index (χ3v) is 4.81. The van der Waals surface area contributed by atoms with Crippen molar-refractivity contribution in [3.05, 3.63) is 59.1 Å². The van der Waals surface area contributed by atoms with Crippen LogP contribution in [0.15, 0.2) is 48.5 Å². The Labute approximate surface area is 165 Å². The van der Waals surface area contributed by atoms with Crippen molar-refractivity contribution in [1.82, 2.24) is 5.32 Å². The van der Waals surface area contributed by atoms with Crippen LogP contribution in [-0.2, 0) is 16.0 Å². The van der Waals surface area contributed by atoms with E-state index in [0.29, 0.717) is 13.0 Å². The standard InChI is InChI=1S/C21H26ClN3O2/c22-18-7-5-17(6-8-18)9-11-23-12-10-21(26)24-19-3-1-2-4-20(19)25-13-15-27-16-14-25/h1-8,23H,9-16H2,(H,24,26). The van der Waals surface area contributed by atoms with Gasteiger partial charge in [-0.05, 0) is 42.8 Å². The summed E-state index contributed by atoms with van der Waals surface area (Å²) in [4.78, 5) is 14.6. The molecule has 1 aliphatic rings. The van der Waals surface area contributed by atoms with Gasteiger partial charge in [0.05, 0.1) is 24.6 Å². The van der Waals surface area contributed by atoms with E-state index in [0.717, 1.165) is 55.7 Å². The lowest BCUT2D eigenvalue weighted by molar-refractivity contribution is -0.116. The molecule has 0 unspecified atom stereocenters. The predicted molar refractivity (Wildman–Crippen MR) is 111 cm³/mol. The topological polar surface area (TPSA) is 53.6 Å². The van der Waals surface area contributed by atoms with Gasteiger partial charge in [0.2, 0.25) is 5.91 Å². The van der Waals surface area contributed by atoms with Crippen molar-refractivity contribution in [2.75, 3.05) is 49.6 Å². The van der Waals surface area contributed by atoms with E-state index in [4.69, 9.17) is 16.3 Å². The summed E-state index contributed by atoms with van der Waals surface area (Å²) in [6.07, 6.45) is 1.36. The van der Waals surface area contributed by atoms with Crippen LogP contribution < -0.4 is 15.5 Å². The summed E-state index contributed by atoms with van der Waals surface area (Å²) in [6, 6.07) is 15.8. The maximum absolute atomic E-state index is 12.3. The second-order valence-corrected chi connectivity index (χ2v) is 6.98. The van der Waals surface area contributed by atoms with Crippen LogP contribution in [0.4, 0.5) is 11.4 Å². The second kappa shape index (κ2) is 10.3. The van der Waals surface area contributed by atoms with Gasteiger partial charge in [0.15, 0.2) is 0 Å². The third-order valence-electron chi connectivity index (χ3n) is 4.56. The van der Waals surface area contributed by atoms with Crippen LogP contribution in [-0.4, -0.2) is 45.3 Å². The Bertz CT molecular complexity index is 730. The average Bonchev–Trinajstić information content (AvgIpc) is 2.70. The highest BCUT2D eigenvalue weighted by atomic mass is 35.5. The van der Waals surface area contributed by atoms with Crippen molar-refractivity contribution in [3.8, 4) is 0 Å². The fourth-order valence-corrected chi connectivity index (χ4v) is 3.21. The van der Waals surface area contributed by atoms with Gasteiger partial charge in [-0.3, -0.25) is 4.79 Å². The number of para-hydroxylation sites is 2. The van der Waals surface area contributed by atoms with Crippen LogP contribution in [0.2, 0.25) is 5.02 Å². The van der Waals surface area contributed by atoms with Gasteiger partial charge >= 0.3 is 0 Å². The molecule has 0 aromatic heterocycles. The van der Waals surface area contributed by atoms with E-state index in [1.807, 2.05) is 48.5 Å². The summed E-state index contributed by atoms with van der Waals surface area (Å²) in [7, 11) is 0. The summed E-state index contributed by atoms with van der Waals surface area (Å²) in [5.74, 6) is 0.0229. The number of hydrogen-bond donors (Lipinski definition) is 2. The first-order chi connectivity index (χ1) is 13.2. The molecule has 27 heavy (non-hydrogen) atoms. The number of nitrogens with zero attached hydrogens (tertiary/aromatic N) is 1. The van der Waals surface area contributed by atoms with E-state index in [-0.39, 0.29) is 5.91 Å². The number of ether oxygens (including phenoxy) is 1. The summed E-state index contributed by atoms with van der Waals surface area (Å²) in [5.41, 5.74) is 3.16. The van der Waals surface area contributed by atoms with Gasteiger partial charge in [0.1, 0.15) is 0 Å². The molecule has 5 nitrogen and oxygen atoms in total. The first kappa shape index (κ1) is 19.7. The number of amides is 1. The second-order valence-electron chi connectivity index (χ2n) is 6.54. The molecule has 0 atom stereocenters. The zero-order valence-corrected chi connectivity index (χ0v) is 16.2. The molecule has 2 aromatic rings. The van der Waals surface area contributed by atoms with Crippen LogP contribution in [0, 0.1) is 0 Å². The molecule has 1 heterocycles. The maximum Gasteiger partial charge on any atom is 0.225 e. The van der Waals surface area contributed by atoms with Crippen LogP contribution >= 0.6 is 11.6 Å². The van der Waals surface area contributed by atoms with E-state index in [1.54, 1.807) is 0 Å². The molecular weight excluding hydrogens is 362 g/mol. The molecule has 0 bridgehead atoms. The highest BCUT2D eigenvalue weighted by Gasteiger charge is 2.15. The summed E-state index contributed by atoms with van der Waals surface area (Å²) >= 11 is 5.89. The van der Waals surface area contributed by atoms with E-state index in [1.165, 1.54) is 5.56 Å². The summed E-state index contributed by atoms with van der Waals surface area (Å²) in [6.45, 7) is 4.62. The molecule has 0 spiro atoms. The molecule has 1 aliphatic heterocycles. The number of halogens is 1. The molecule has 0 radical (unpaired) electrons. The van der Waals surface area contributed by atoms with Gasteiger partial charge in [-0.2, -0.15) is 0 Å². The van der Waals surface area contributed by atoms with Gasteiger partial charge in [-0.25, -0.2) is 0 Å². The Balaban J connectivity index is 1.41. The lowest BCUT2D eigenvalue weighted by Gasteiger charge is -2.30. The number of morpholine rings is 1. The zero-order valence-electron chi connectivity index (χ0n) is 15.4. The highest BCUT2D eigenvalue weighted by molar-refractivity contribution is 6.30. The maximum atomic E-state index is 12.3. The van der Waals surface area contributed by atoms with Crippen LogP contribution in [0.3, 0.4) is 0 Å². The van der Waals surface area contributed by atoms with Crippen molar-refractivity contribution in [3.63, 3.8) is 0 Å². The minimum Gasteiger partial charge on any atom is -0.378 e. The number of anilines is 2. The fraction of sp³-hybridized carbons (Fsp3) is 0.381. The smallest absolute Gasteiger partial charge is 0.225 e. The molecule has 2 aromatic carbocycles. The Hall–Kier alpha value is -2.08. The first-order valence-corrected chi connectivity index (χ1v) is 9.77. The van der Waals surface area contributed by atoms with Crippen molar-refractivity contribution < 1.29 is 9.53 Å². The Morgan fingerprint density at radius 1 is 1.04 bits per heavy atom. The van der Waals surface area contributed by atoms with Gasteiger partial charge in [-0.1, -0.05) is 35.9 Å². The normalized spacial score (nSPS) is 14.2. The largest absolute Gasteiger partial charge is 0.378 e. The number of nitrogens with one attached hydrogen (secondary N) is 2. The van der Waals surface area contributed by atoms with E-state index in [2.05, 4.69) is 15.5 Å². The Kier molecular flexibility index (Phi) is 7.51. The van der Waals surface area contributed by atoms with Crippen molar-refractivity contribution in [2.45, 2.75) is 12.8 Å². The molecule has 1 saturated heterocycles. The van der Waals surface area contributed by atoms with Gasteiger partial charge in [-0.15, -0.1) is 0 Å². The van der Waals surface area contributed by atoms with Gasteiger partial charge in [0.25, 0.3) is 0 Å². The number of carbonyl (C=O) groups excluding carboxylic acids is 1. The molecule has 2 N–H and O–H groups in total. The minimum atomic E-state index is 0.0229. The van der Waals surface area contributed by atoms with Crippen LogP contribution in [0.25, 0.3) is 0 Å². The molecule has 1 fully saturated rings. The van der Waals surface area contributed by atoms with Crippen molar-refractivity contribution in [2.24, 2.45) is 0 Å². The lowest BCUT2D eigenvalue weighted by atomic mass is 10.1. The number of benzene rings is 2. The minimum absolute atomic E-state index is 0.0229. The van der Waals surface area contributed by atoms with Crippen LogP contribution in [0.5, 0.6) is 0 Å². The molecule has 144 valence electrons. The lowest BCUT2D eigenvalue weighted by Crippen LogP contribution is -2.36. The first-order valence-electron chi connectivity index (χ1n) is 9.39. The summed E-state index contributed by atoms with van der Waals surface area (Å²) in [5, 5.41) is 7.12. The van der Waals surface area contributed by atoms with Gasteiger partial charge < -0.3 is 20.3 Å². The van der Waals surface area contributed by atoms with Crippen molar-refractivity contribution in [1.29, 1.82) is 0 Å². The molecule has 0 aliphatic carbocycles. The molecule has 3 rings (SSSR count). The molecular formula is C21H26ClN3O2. The summed E-state index contributed by atoms with van der Waals surface area (Å²) < 4.78 is 5.41. The van der Waals surface area contributed by atoms with Crippen molar-refractivity contribution >= 4 is 28.9 Å². The highest BCUT2D eigenvalue weighted by Crippen LogP contribution is 2.26. The number of carbonyl (C=O) groups is 1. The SMILES string of the molecule is O=C(CCNCCc1ccc(Cl)cc1)Nc1ccccc1N1CCOCC1. The molecule has 6 heteroatoms. The monoisotopic (exact) mass is 387 g/mol. The van der Waals surface area contributed by atoms with E-state index in [9.17, 15) is 4.79 Å². The average molecular weight is 388 g/mol. The molecule has 1 amide bonds. The number of hydrogen-bond acceptors (Lipinski definition) is 4. The van der Waals surface area contributed by atoms with E-state index >= 15 is 0 Å². The molecule has 0 saturated carbocycles. The fourth-order valence-electron chi connectivity index (χ4n) is 3.08. The van der Waals surface area contributed by atoms with Gasteiger partial charge in [0, 0.05) is 31.1 Å². The van der Waals surface area contributed by atoms with E-state index < -0.39 is 0 Å². The Morgan fingerprint density at radius 2 is 1.78 bits per heavy atom. The zero-order chi connectivity index (χ0) is 18.9. The number of rotatable bonds is 8. The Morgan fingerprint density at radius 3 is 2.56 bits per heavy atom. The van der Waals surface area contributed by atoms with Crippen LogP contribution in [0.1, 0.15) is 12.0 Å². The third kappa shape index (κ3) is 6.24. The predicted octanol–water partition coefficient (Wildman–Crippen LogP) is 3.34. The quantitative estimate of drug-likeness (QED) is 0.682.